The minimum Gasteiger partial charge on any atom is -0.439 e. The average molecular weight is 456 g/mol. The minimum atomic E-state index is -0.373. The monoisotopic (exact) mass is 456 g/mol. The lowest BCUT2D eigenvalue weighted by atomic mass is 10.2. The third-order valence-corrected chi connectivity index (χ3v) is 5.31. The highest BCUT2D eigenvalue weighted by Crippen LogP contribution is 2.24. The lowest BCUT2D eigenvalue weighted by molar-refractivity contribution is 0.463. The van der Waals surface area contributed by atoms with E-state index in [1.165, 1.54) is 12.1 Å². The number of pyridine rings is 1. The van der Waals surface area contributed by atoms with Crippen LogP contribution in [0, 0.1) is 5.82 Å². The number of fused-ring (bicyclic) bond motifs is 1. The molecule has 0 atom stereocenters. The van der Waals surface area contributed by atoms with Crippen molar-refractivity contribution in [2.75, 3.05) is 5.32 Å². The number of nitrogens with zero attached hydrogens (tertiary/aromatic N) is 5. The Morgan fingerprint density at radius 2 is 1.79 bits per heavy atom. The molecule has 1 N–H and O–H groups in total. The van der Waals surface area contributed by atoms with Gasteiger partial charge >= 0.3 is 5.56 Å². The number of benzene rings is 2. The molecule has 3 aromatic heterocycles. The Bertz CT molecular complexity index is 1480. The summed E-state index contributed by atoms with van der Waals surface area (Å²) >= 11 is 0. The minimum absolute atomic E-state index is 0.312. The van der Waals surface area contributed by atoms with Gasteiger partial charge in [-0.1, -0.05) is 18.2 Å². The number of ether oxygens (including phenoxy) is 1. The topological polar surface area (TPSA) is 86.9 Å². The van der Waals surface area contributed by atoms with Gasteiger partial charge in [-0.3, -0.25) is 9.36 Å². The maximum absolute atomic E-state index is 13.4. The van der Waals surface area contributed by atoms with Gasteiger partial charge in [-0.05, 0) is 55.0 Å². The van der Waals surface area contributed by atoms with Gasteiger partial charge in [0.2, 0.25) is 11.8 Å². The summed E-state index contributed by atoms with van der Waals surface area (Å²) in [5, 5.41) is 3.21. The number of halogens is 1. The summed E-state index contributed by atoms with van der Waals surface area (Å²) in [5.74, 6) is 1.14. The van der Waals surface area contributed by atoms with Crippen LogP contribution in [0.25, 0.3) is 11.2 Å². The predicted octanol–water partition coefficient (Wildman–Crippen LogP) is 4.73. The molecule has 0 aliphatic carbocycles. The van der Waals surface area contributed by atoms with Crippen LogP contribution in [0.4, 0.5) is 16.0 Å². The van der Waals surface area contributed by atoms with E-state index < -0.39 is 0 Å². The van der Waals surface area contributed by atoms with Crippen molar-refractivity contribution < 1.29 is 9.13 Å². The van der Waals surface area contributed by atoms with Crippen molar-refractivity contribution in [3.63, 3.8) is 0 Å². The summed E-state index contributed by atoms with van der Waals surface area (Å²) in [4.78, 5) is 25.8. The fourth-order valence-corrected chi connectivity index (χ4v) is 3.62. The van der Waals surface area contributed by atoms with Crippen LogP contribution < -0.4 is 15.6 Å². The van der Waals surface area contributed by atoms with E-state index in [0.717, 1.165) is 5.56 Å². The average Bonchev–Trinajstić information content (AvgIpc) is 3.30. The Labute approximate surface area is 194 Å². The fourth-order valence-electron chi connectivity index (χ4n) is 3.62. The largest absolute Gasteiger partial charge is 0.439 e. The molecule has 34 heavy (non-hydrogen) atoms. The number of aromatic nitrogens is 5. The quantitative estimate of drug-likeness (QED) is 0.381. The van der Waals surface area contributed by atoms with Crippen LogP contribution in [0.5, 0.6) is 11.6 Å². The lowest BCUT2D eigenvalue weighted by Crippen LogP contribution is -2.20. The third kappa shape index (κ3) is 4.36. The van der Waals surface area contributed by atoms with Gasteiger partial charge in [0.15, 0.2) is 11.2 Å². The van der Waals surface area contributed by atoms with Gasteiger partial charge in [0.05, 0.1) is 12.9 Å². The molecule has 0 fully saturated rings. The number of nitrogens with one attached hydrogen (secondary N) is 1. The second kappa shape index (κ2) is 9.14. The molecule has 5 aromatic rings. The van der Waals surface area contributed by atoms with Crippen LogP contribution in [0.3, 0.4) is 0 Å². The molecule has 0 spiro atoms. The fraction of sp³-hybridized carbons (Fsp3) is 0.120. The van der Waals surface area contributed by atoms with Crippen LogP contribution in [-0.4, -0.2) is 24.1 Å². The first kappa shape index (κ1) is 21.3. The molecule has 2 aromatic carbocycles. The standard InChI is InChI=1S/C25H21FN6O2/c1-2-31-16-28-23-22(31)24(33)30-25(32(23)15-17-6-8-18(26)9-7-17)29-19-10-12-20(13-11-19)34-21-5-3-4-14-27-21/h3-14,16H,2,15H2,1H3,(H,29,30,33). The van der Waals surface area contributed by atoms with E-state index in [4.69, 9.17) is 4.74 Å². The first-order chi connectivity index (χ1) is 16.6. The van der Waals surface area contributed by atoms with Crippen molar-refractivity contribution >= 4 is 22.8 Å². The lowest BCUT2D eigenvalue weighted by Gasteiger charge is -2.15. The van der Waals surface area contributed by atoms with Gasteiger partial charge in [-0.15, -0.1) is 0 Å². The second-order valence-electron chi connectivity index (χ2n) is 7.58. The van der Waals surface area contributed by atoms with Crippen molar-refractivity contribution in [1.29, 1.82) is 0 Å². The Morgan fingerprint density at radius 1 is 1.00 bits per heavy atom. The third-order valence-electron chi connectivity index (χ3n) is 5.31. The van der Waals surface area contributed by atoms with E-state index in [2.05, 4.69) is 20.3 Å². The second-order valence-corrected chi connectivity index (χ2v) is 7.58. The zero-order valence-electron chi connectivity index (χ0n) is 18.4. The molecule has 3 heterocycles. The molecule has 0 aliphatic heterocycles. The highest BCUT2D eigenvalue weighted by atomic mass is 19.1. The molecule has 0 saturated carbocycles. The Hall–Kier alpha value is -4.53. The van der Waals surface area contributed by atoms with Crippen LogP contribution in [0.15, 0.2) is 84.0 Å². The first-order valence-corrected chi connectivity index (χ1v) is 10.8. The number of imidazole rings is 1. The molecule has 0 amide bonds. The summed E-state index contributed by atoms with van der Waals surface area (Å²) < 4.78 is 22.7. The zero-order chi connectivity index (χ0) is 23.5. The van der Waals surface area contributed by atoms with E-state index in [0.29, 0.717) is 47.5 Å². The number of anilines is 2. The number of hydrogen-bond acceptors (Lipinski definition) is 6. The van der Waals surface area contributed by atoms with E-state index in [1.54, 1.807) is 47.4 Å². The predicted molar refractivity (Wildman–Crippen MR) is 127 cm³/mol. The molecule has 0 aliphatic rings. The van der Waals surface area contributed by atoms with Crippen molar-refractivity contribution in [3.8, 4) is 11.6 Å². The van der Waals surface area contributed by atoms with E-state index >= 15 is 0 Å². The van der Waals surface area contributed by atoms with Gasteiger partial charge in [-0.25, -0.2) is 14.4 Å². The zero-order valence-corrected chi connectivity index (χ0v) is 18.4. The summed E-state index contributed by atoms with van der Waals surface area (Å²) in [6.07, 6.45) is 3.29. The van der Waals surface area contributed by atoms with E-state index in [9.17, 15) is 9.18 Å². The molecule has 0 saturated heterocycles. The summed E-state index contributed by atoms with van der Waals surface area (Å²) in [5.41, 5.74) is 2.11. The number of rotatable bonds is 7. The van der Waals surface area contributed by atoms with Crippen LogP contribution in [-0.2, 0) is 13.1 Å². The van der Waals surface area contributed by atoms with Crippen LogP contribution in [0.2, 0.25) is 0 Å². The molecule has 0 bridgehead atoms. The van der Waals surface area contributed by atoms with E-state index in [1.807, 2.05) is 35.8 Å². The highest BCUT2D eigenvalue weighted by molar-refractivity contribution is 5.73. The Balaban J connectivity index is 1.49. The molecule has 0 unspecified atom stereocenters. The molecule has 8 nitrogen and oxygen atoms in total. The van der Waals surface area contributed by atoms with Crippen LogP contribution >= 0.6 is 0 Å². The van der Waals surface area contributed by atoms with Gasteiger partial charge in [0.1, 0.15) is 11.6 Å². The van der Waals surface area contributed by atoms with Gasteiger partial charge in [0.25, 0.3) is 0 Å². The SMILES string of the molecule is CCn1cnc2c1c(=O)nc(Nc1ccc(Oc3ccccn3)cc1)n2Cc1ccc(F)cc1. The summed E-state index contributed by atoms with van der Waals surface area (Å²) in [6.45, 7) is 2.88. The van der Waals surface area contributed by atoms with Crippen LogP contribution in [0.1, 0.15) is 12.5 Å². The number of hydrogen-bond donors (Lipinski definition) is 1. The van der Waals surface area contributed by atoms with Crippen molar-refractivity contribution in [2.45, 2.75) is 20.0 Å². The Morgan fingerprint density at radius 3 is 2.50 bits per heavy atom. The first-order valence-electron chi connectivity index (χ1n) is 10.8. The molecule has 9 heteroatoms. The van der Waals surface area contributed by atoms with Gasteiger partial charge in [-0.2, -0.15) is 4.98 Å². The molecular weight excluding hydrogens is 435 g/mol. The smallest absolute Gasteiger partial charge is 0.300 e. The maximum Gasteiger partial charge on any atom is 0.300 e. The summed E-state index contributed by atoms with van der Waals surface area (Å²) in [6, 6.07) is 18.9. The van der Waals surface area contributed by atoms with Crippen molar-refractivity contribution in [2.24, 2.45) is 0 Å². The normalized spacial score (nSPS) is 11.0. The van der Waals surface area contributed by atoms with Crippen molar-refractivity contribution in [1.82, 2.24) is 24.1 Å². The molecule has 0 radical (unpaired) electrons. The van der Waals surface area contributed by atoms with Crippen molar-refractivity contribution in [3.05, 3.63) is 101 Å². The molecule has 170 valence electrons. The van der Waals surface area contributed by atoms with E-state index in [-0.39, 0.29) is 11.4 Å². The molecule has 5 rings (SSSR count). The summed E-state index contributed by atoms with van der Waals surface area (Å²) in [7, 11) is 0. The van der Waals surface area contributed by atoms with Gasteiger partial charge < -0.3 is 14.6 Å². The number of aryl methyl sites for hydroxylation is 1. The highest BCUT2D eigenvalue weighted by Gasteiger charge is 2.16. The Kier molecular flexibility index (Phi) is 5.73. The molecular formula is C25H21FN6O2. The maximum atomic E-state index is 13.4. The van der Waals surface area contributed by atoms with Gasteiger partial charge in [0, 0.05) is 24.5 Å².